The number of rotatable bonds is 6. The van der Waals surface area contributed by atoms with Gasteiger partial charge in [-0.05, 0) is 24.3 Å². The molecule has 1 fully saturated rings. The van der Waals surface area contributed by atoms with Crippen molar-refractivity contribution >= 4 is 21.6 Å². The van der Waals surface area contributed by atoms with E-state index in [0.29, 0.717) is 11.3 Å². The van der Waals surface area contributed by atoms with Crippen molar-refractivity contribution in [2.24, 2.45) is 0 Å². The van der Waals surface area contributed by atoms with Crippen molar-refractivity contribution in [1.82, 2.24) is 4.31 Å². The van der Waals surface area contributed by atoms with E-state index in [9.17, 15) is 17.6 Å². The molecule has 0 saturated carbocycles. The number of nitrogens with zero attached hydrogens (tertiary/aromatic N) is 1. The highest BCUT2D eigenvalue weighted by molar-refractivity contribution is 7.89. The van der Waals surface area contributed by atoms with Gasteiger partial charge in [0.05, 0.1) is 26.7 Å². The number of ether oxygens (including phenoxy) is 2. The van der Waals surface area contributed by atoms with E-state index in [4.69, 9.17) is 9.47 Å². The SMILES string of the molecule is COc1ccccc1CC(=O)Nc1ccc(F)c(S(=O)(=O)N2CCOCC2)c1. The van der Waals surface area contributed by atoms with Gasteiger partial charge in [-0.1, -0.05) is 18.2 Å². The first kappa shape index (κ1) is 20.2. The average Bonchev–Trinajstić information content (AvgIpc) is 2.70. The molecular weight excluding hydrogens is 387 g/mol. The van der Waals surface area contributed by atoms with Gasteiger partial charge in [0.2, 0.25) is 15.9 Å². The van der Waals surface area contributed by atoms with Gasteiger partial charge in [-0.3, -0.25) is 4.79 Å². The zero-order valence-electron chi connectivity index (χ0n) is 15.4. The maximum Gasteiger partial charge on any atom is 0.246 e. The fourth-order valence-electron chi connectivity index (χ4n) is 2.93. The normalized spacial score (nSPS) is 15.2. The van der Waals surface area contributed by atoms with Crippen molar-refractivity contribution in [2.75, 3.05) is 38.7 Å². The molecule has 1 N–H and O–H groups in total. The molecule has 2 aromatic carbocycles. The second-order valence-electron chi connectivity index (χ2n) is 6.20. The molecule has 1 aliphatic heterocycles. The van der Waals surface area contributed by atoms with Gasteiger partial charge in [-0.25, -0.2) is 12.8 Å². The Balaban J connectivity index is 1.78. The zero-order valence-corrected chi connectivity index (χ0v) is 16.2. The van der Waals surface area contributed by atoms with E-state index in [1.807, 2.05) is 0 Å². The molecule has 3 rings (SSSR count). The Bertz CT molecular complexity index is 959. The van der Waals surface area contributed by atoms with Crippen LogP contribution >= 0.6 is 0 Å². The average molecular weight is 408 g/mol. The number of sulfonamides is 1. The molecule has 2 aromatic rings. The summed E-state index contributed by atoms with van der Waals surface area (Å²) < 4.78 is 51.2. The number of carbonyl (C=O) groups is 1. The van der Waals surface area contributed by atoms with Gasteiger partial charge >= 0.3 is 0 Å². The maximum absolute atomic E-state index is 14.2. The Hall–Kier alpha value is -2.49. The Labute approximate surface area is 163 Å². The number of hydrogen-bond donors (Lipinski definition) is 1. The van der Waals surface area contributed by atoms with E-state index in [0.717, 1.165) is 12.1 Å². The van der Waals surface area contributed by atoms with E-state index in [1.165, 1.54) is 17.5 Å². The molecule has 0 atom stereocenters. The van der Waals surface area contributed by atoms with Gasteiger partial charge in [0, 0.05) is 24.3 Å². The predicted molar refractivity (Wildman–Crippen MR) is 101 cm³/mol. The highest BCUT2D eigenvalue weighted by atomic mass is 32.2. The monoisotopic (exact) mass is 408 g/mol. The van der Waals surface area contributed by atoms with Crippen LogP contribution in [0, 0.1) is 5.82 Å². The quantitative estimate of drug-likeness (QED) is 0.791. The number of amides is 1. The standard InChI is InChI=1S/C19H21FN2O5S/c1-26-17-5-3-2-4-14(17)12-19(23)21-15-6-7-16(20)18(13-15)28(24,25)22-8-10-27-11-9-22/h2-7,13H,8-12H2,1H3,(H,21,23). The molecule has 0 aliphatic carbocycles. The smallest absolute Gasteiger partial charge is 0.246 e. The number of para-hydroxylation sites is 1. The first-order valence-corrected chi connectivity index (χ1v) is 10.1. The summed E-state index contributed by atoms with van der Waals surface area (Å²) in [7, 11) is -2.50. The molecule has 1 saturated heterocycles. The molecule has 1 amide bonds. The van der Waals surface area contributed by atoms with E-state index < -0.39 is 20.7 Å². The first-order valence-electron chi connectivity index (χ1n) is 8.71. The van der Waals surface area contributed by atoms with Crippen LogP contribution in [0.1, 0.15) is 5.56 Å². The lowest BCUT2D eigenvalue weighted by atomic mass is 10.1. The molecule has 0 radical (unpaired) electrons. The Kier molecular flexibility index (Phi) is 6.28. The minimum absolute atomic E-state index is 0.0347. The molecular formula is C19H21FN2O5S. The molecule has 1 heterocycles. The molecule has 9 heteroatoms. The van der Waals surface area contributed by atoms with Gasteiger partial charge in [0.25, 0.3) is 0 Å². The summed E-state index contributed by atoms with van der Waals surface area (Å²) in [4.78, 5) is 11.9. The number of methoxy groups -OCH3 is 1. The Morgan fingerprint density at radius 1 is 1.21 bits per heavy atom. The van der Waals surface area contributed by atoms with Gasteiger partial charge in [-0.15, -0.1) is 0 Å². The number of morpholine rings is 1. The van der Waals surface area contributed by atoms with Crippen LogP contribution in [-0.4, -0.2) is 52.0 Å². The third kappa shape index (κ3) is 4.49. The Morgan fingerprint density at radius 2 is 1.93 bits per heavy atom. The van der Waals surface area contributed by atoms with E-state index in [2.05, 4.69) is 5.32 Å². The summed E-state index contributed by atoms with van der Waals surface area (Å²) >= 11 is 0. The maximum atomic E-state index is 14.2. The number of hydrogen-bond acceptors (Lipinski definition) is 5. The summed E-state index contributed by atoms with van der Waals surface area (Å²) in [6.07, 6.45) is 0.0347. The number of halogens is 1. The lowest BCUT2D eigenvalue weighted by Crippen LogP contribution is -2.40. The van der Waals surface area contributed by atoms with E-state index in [1.54, 1.807) is 24.3 Å². The second kappa shape index (κ2) is 8.68. The number of benzene rings is 2. The topological polar surface area (TPSA) is 84.9 Å². The van der Waals surface area contributed by atoms with Gasteiger partial charge in [0.15, 0.2) is 0 Å². The van der Waals surface area contributed by atoms with Gasteiger partial charge in [0.1, 0.15) is 16.5 Å². The van der Waals surface area contributed by atoms with Crippen molar-refractivity contribution in [2.45, 2.75) is 11.3 Å². The van der Waals surface area contributed by atoms with Crippen molar-refractivity contribution in [1.29, 1.82) is 0 Å². The lowest BCUT2D eigenvalue weighted by molar-refractivity contribution is -0.115. The van der Waals surface area contributed by atoms with Crippen LogP contribution in [0.2, 0.25) is 0 Å². The fourth-order valence-corrected chi connectivity index (χ4v) is 4.43. The van der Waals surface area contributed by atoms with Crippen molar-refractivity contribution in [3.05, 3.63) is 53.8 Å². The number of nitrogens with one attached hydrogen (secondary N) is 1. The fraction of sp³-hybridized carbons (Fsp3) is 0.316. The predicted octanol–water partition coefficient (Wildman–Crippen LogP) is 2.04. The van der Waals surface area contributed by atoms with Crippen LogP contribution in [-0.2, 0) is 26.0 Å². The summed E-state index contributed by atoms with van der Waals surface area (Å²) in [5, 5.41) is 2.62. The number of anilines is 1. The number of carbonyl (C=O) groups excluding carboxylic acids is 1. The highest BCUT2D eigenvalue weighted by Crippen LogP contribution is 2.24. The lowest BCUT2D eigenvalue weighted by Gasteiger charge is -2.26. The summed E-state index contributed by atoms with van der Waals surface area (Å²) in [5.74, 6) is -0.660. The van der Waals surface area contributed by atoms with Crippen molar-refractivity contribution < 1.29 is 27.1 Å². The Morgan fingerprint density at radius 3 is 2.64 bits per heavy atom. The van der Waals surface area contributed by atoms with Crippen molar-refractivity contribution in [3.8, 4) is 5.75 Å². The molecule has 7 nitrogen and oxygen atoms in total. The van der Waals surface area contributed by atoms with E-state index >= 15 is 0 Å². The van der Waals surface area contributed by atoms with Crippen LogP contribution in [0.15, 0.2) is 47.4 Å². The molecule has 1 aliphatic rings. The highest BCUT2D eigenvalue weighted by Gasteiger charge is 2.29. The third-order valence-electron chi connectivity index (χ3n) is 4.35. The zero-order chi connectivity index (χ0) is 20.1. The third-order valence-corrected chi connectivity index (χ3v) is 6.26. The minimum atomic E-state index is -4.01. The van der Waals surface area contributed by atoms with Crippen LogP contribution in [0.4, 0.5) is 10.1 Å². The van der Waals surface area contributed by atoms with Crippen LogP contribution < -0.4 is 10.1 Å². The van der Waals surface area contributed by atoms with Crippen LogP contribution in [0.3, 0.4) is 0 Å². The summed E-state index contributed by atoms with van der Waals surface area (Å²) in [5.41, 5.74) is 0.888. The molecule has 0 unspecified atom stereocenters. The molecule has 0 bridgehead atoms. The van der Waals surface area contributed by atoms with E-state index in [-0.39, 0.29) is 44.3 Å². The van der Waals surface area contributed by atoms with Crippen LogP contribution in [0.25, 0.3) is 0 Å². The summed E-state index contributed by atoms with van der Waals surface area (Å²) in [6.45, 7) is 0.838. The van der Waals surface area contributed by atoms with Gasteiger partial charge < -0.3 is 14.8 Å². The summed E-state index contributed by atoms with van der Waals surface area (Å²) in [6, 6.07) is 10.6. The second-order valence-corrected chi connectivity index (χ2v) is 8.10. The molecule has 150 valence electrons. The van der Waals surface area contributed by atoms with Crippen LogP contribution in [0.5, 0.6) is 5.75 Å². The largest absolute Gasteiger partial charge is 0.496 e. The molecule has 28 heavy (non-hydrogen) atoms. The molecule has 0 spiro atoms. The molecule has 0 aromatic heterocycles. The minimum Gasteiger partial charge on any atom is -0.496 e. The first-order chi connectivity index (χ1) is 13.4. The van der Waals surface area contributed by atoms with Crippen molar-refractivity contribution in [3.63, 3.8) is 0 Å². The van der Waals surface area contributed by atoms with Gasteiger partial charge in [-0.2, -0.15) is 4.31 Å².